The van der Waals surface area contributed by atoms with Gasteiger partial charge in [-0.25, -0.2) is 9.78 Å². The summed E-state index contributed by atoms with van der Waals surface area (Å²) in [7, 11) is 0. The zero-order valence-corrected chi connectivity index (χ0v) is 20.7. The zero-order chi connectivity index (χ0) is 24.6. The molecular formula is C27H28N4O3S. The van der Waals surface area contributed by atoms with Crippen LogP contribution in [0.5, 0.6) is 0 Å². The third-order valence-electron chi connectivity index (χ3n) is 6.78. The standard InChI is InChI=1S/C27H28N4O3S/c1-17-5-9-19(10-6-17)22-23(20-11-7-18(2)8-12-20)35-25(29-22)28-21(32)13-16-31-24(33)27(30-26(31)34)14-3-4-15-27/h5-12H,3-4,13-16H2,1-2H3,(H,30,34)(H,28,29,32). The Morgan fingerprint density at radius 2 is 1.60 bits per heavy atom. The lowest BCUT2D eigenvalue weighted by Gasteiger charge is -2.19. The van der Waals surface area contributed by atoms with E-state index in [0.29, 0.717) is 18.0 Å². The highest BCUT2D eigenvalue weighted by Crippen LogP contribution is 2.39. The number of urea groups is 1. The molecule has 35 heavy (non-hydrogen) atoms. The quantitative estimate of drug-likeness (QED) is 0.462. The number of carbonyl (C=O) groups is 3. The lowest BCUT2D eigenvalue weighted by molar-refractivity contribution is -0.131. The summed E-state index contributed by atoms with van der Waals surface area (Å²) in [4.78, 5) is 44.9. The maximum absolute atomic E-state index is 12.8. The molecule has 0 atom stereocenters. The smallest absolute Gasteiger partial charge is 0.323 e. The van der Waals surface area contributed by atoms with E-state index >= 15 is 0 Å². The van der Waals surface area contributed by atoms with Gasteiger partial charge in [0.15, 0.2) is 5.13 Å². The summed E-state index contributed by atoms with van der Waals surface area (Å²) >= 11 is 1.42. The second-order valence-corrected chi connectivity index (χ2v) is 10.4. The molecule has 3 aromatic rings. The predicted molar refractivity (Wildman–Crippen MR) is 137 cm³/mol. The predicted octanol–water partition coefficient (Wildman–Crippen LogP) is 5.29. The second-order valence-electron chi connectivity index (χ2n) is 9.40. The molecule has 0 radical (unpaired) electrons. The van der Waals surface area contributed by atoms with Crippen LogP contribution in [0.3, 0.4) is 0 Å². The monoisotopic (exact) mass is 488 g/mol. The van der Waals surface area contributed by atoms with Crippen molar-refractivity contribution in [2.45, 2.75) is 51.5 Å². The van der Waals surface area contributed by atoms with Crippen molar-refractivity contribution in [1.29, 1.82) is 0 Å². The van der Waals surface area contributed by atoms with Crippen molar-refractivity contribution in [3.8, 4) is 21.7 Å². The Morgan fingerprint density at radius 3 is 2.23 bits per heavy atom. The minimum absolute atomic E-state index is 0.0224. The topological polar surface area (TPSA) is 91.4 Å². The van der Waals surface area contributed by atoms with Crippen LogP contribution < -0.4 is 10.6 Å². The Labute approximate surface area is 208 Å². The van der Waals surface area contributed by atoms with E-state index in [9.17, 15) is 14.4 Å². The van der Waals surface area contributed by atoms with Gasteiger partial charge in [0.2, 0.25) is 5.91 Å². The number of hydrogen-bond acceptors (Lipinski definition) is 5. The highest BCUT2D eigenvalue weighted by Gasteiger charge is 2.52. The van der Waals surface area contributed by atoms with Crippen LogP contribution in [0.4, 0.5) is 9.93 Å². The number of amides is 4. The number of imide groups is 1. The van der Waals surface area contributed by atoms with Gasteiger partial charge >= 0.3 is 6.03 Å². The van der Waals surface area contributed by atoms with E-state index in [2.05, 4.69) is 34.9 Å². The highest BCUT2D eigenvalue weighted by molar-refractivity contribution is 7.19. The fraction of sp³-hybridized carbons (Fsp3) is 0.333. The Bertz CT molecular complexity index is 1210. The molecule has 1 aliphatic carbocycles. The maximum atomic E-state index is 12.8. The number of thiazole rings is 1. The largest absolute Gasteiger partial charge is 0.325 e. The zero-order valence-electron chi connectivity index (χ0n) is 19.9. The summed E-state index contributed by atoms with van der Waals surface area (Å²) in [5.41, 5.74) is 4.40. The molecular weight excluding hydrogens is 460 g/mol. The van der Waals surface area contributed by atoms with Crippen molar-refractivity contribution in [3.63, 3.8) is 0 Å². The van der Waals surface area contributed by atoms with Gasteiger partial charge in [0, 0.05) is 18.5 Å². The van der Waals surface area contributed by atoms with Gasteiger partial charge in [0.1, 0.15) is 5.54 Å². The number of benzene rings is 2. The van der Waals surface area contributed by atoms with Crippen molar-refractivity contribution in [3.05, 3.63) is 59.7 Å². The van der Waals surface area contributed by atoms with Crippen molar-refractivity contribution in [1.82, 2.24) is 15.2 Å². The van der Waals surface area contributed by atoms with Crippen molar-refractivity contribution >= 4 is 34.3 Å². The average Bonchev–Trinajstić information content (AvgIpc) is 3.53. The summed E-state index contributed by atoms with van der Waals surface area (Å²) in [5.74, 6) is -0.483. The van der Waals surface area contributed by atoms with Gasteiger partial charge in [-0.15, -0.1) is 0 Å². The Balaban J connectivity index is 1.32. The molecule has 7 nitrogen and oxygen atoms in total. The van der Waals surface area contributed by atoms with E-state index in [1.165, 1.54) is 21.8 Å². The number of nitrogens with zero attached hydrogens (tertiary/aromatic N) is 2. The molecule has 8 heteroatoms. The second kappa shape index (κ2) is 9.26. The number of anilines is 1. The minimum atomic E-state index is -0.755. The van der Waals surface area contributed by atoms with E-state index in [1.807, 2.05) is 38.1 Å². The number of rotatable bonds is 6. The first-order chi connectivity index (χ1) is 16.8. The average molecular weight is 489 g/mol. The Kier molecular flexibility index (Phi) is 6.15. The van der Waals surface area contributed by atoms with Crippen molar-refractivity contribution in [2.75, 3.05) is 11.9 Å². The Hall–Kier alpha value is -3.52. The number of aryl methyl sites for hydroxylation is 2. The Morgan fingerprint density at radius 1 is 1.00 bits per heavy atom. The third kappa shape index (κ3) is 4.58. The fourth-order valence-electron chi connectivity index (χ4n) is 4.77. The van der Waals surface area contributed by atoms with Crippen LogP contribution in [0.1, 0.15) is 43.2 Å². The molecule has 5 rings (SSSR count). The molecule has 4 amide bonds. The van der Waals surface area contributed by atoms with Crippen LogP contribution in [0.15, 0.2) is 48.5 Å². The molecule has 180 valence electrons. The first kappa shape index (κ1) is 23.2. The fourth-order valence-corrected chi connectivity index (χ4v) is 5.78. The van der Waals surface area contributed by atoms with Gasteiger partial charge in [0.05, 0.1) is 10.6 Å². The maximum Gasteiger partial charge on any atom is 0.325 e. The summed E-state index contributed by atoms with van der Waals surface area (Å²) in [6.07, 6.45) is 3.22. The van der Waals surface area contributed by atoms with E-state index < -0.39 is 11.6 Å². The number of nitrogens with one attached hydrogen (secondary N) is 2. The van der Waals surface area contributed by atoms with E-state index in [4.69, 9.17) is 4.98 Å². The SMILES string of the molecule is Cc1ccc(-c2nc(NC(=O)CCN3C(=O)NC4(CCCC4)C3=O)sc2-c2ccc(C)cc2)cc1. The van der Waals surface area contributed by atoms with E-state index in [0.717, 1.165) is 40.1 Å². The summed E-state index contributed by atoms with van der Waals surface area (Å²) in [5, 5.41) is 6.22. The van der Waals surface area contributed by atoms with Crippen LogP contribution in [0.25, 0.3) is 21.7 Å². The molecule has 1 saturated carbocycles. The van der Waals surface area contributed by atoms with E-state index in [-0.39, 0.29) is 24.8 Å². The van der Waals surface area contributed by atoms with E-state index in [1.54, 1.807) is 0 Å². The molecule has 1 spiro atoms. The molecule has 2 heterocycles. The summed E-state index contributed by atoms with van der Waals surface area (Å²) < 4.78 is 0. The van der Waals surface area contributed by atoms with Gasteiger partial charge in [-0.05, 0) is 32.3 Å². The van der Waals surface area contributed by atoms with Crippen molar-refractivity contribution < 1.29 is 14.4 Å². The van der Waals surface area contributed by atoms with Gasteiger partial charge in [0.25, 0.3) is 5.91 Å². The molecule has 1 aromatic heterocycles. The lowest BCUT2D eigenvalue weighted by atomic mass is 9.98. The number of carbonyl (C=O) groups excluding carboxylic acids is 3. The highest BCUT2D eigenvalue weighted by atomic mass is 32.1. The normalized spacial score (nSPS) is 16.7. The molecule has 2 aromatic carbocycles. The molecule has 0 unspecified atom stereocenters. The van der Waals surface area contributed by atoms with Crippen molar-refractivity contribution in [2.24, 2.45) is 0 Å². The first-order valence-corrected chi connectivity index (χ1v) is 12.8. The molecule has 0 bridgehead atoms. The molecule has 2 fully saturated rings. The van der Waals surface area contributed by atoms with Crippen LogP contribution in [0, 0.1) is 13.8 Å². The van der Waals surface area contributed by atoms with Gasteiger partial charge in [-0.2, -0.15) is 0 Å². The summed E-state index contributed by atoms with van der Waals surface area (Å²) in [6, 6.07) is 16.0. The van der Waals surface area contributed by atoms with Gasteiger partial charge in [-0.3, -0.25) is 14.5 Å². The summed E-state index contributed by atoms with van der Waals surface area (Å²) in [6.45, 7) is 4.14. The first-order valence-electron chi connectivity index (χ1n) is 11.9. The molecule has 1 saturated heterocycles. The lowest BCUT2D eigenvalue weighted by Crippen LogP contribution is -2.44. The van der Waals surface area contributed by atoms with Crippen LogP contribution in [-0.2, 0) is 9.59 Å². The molecule has 1 aliphatic heterocycles. The number of hydrogen-bond donors (Lipinski definition) is 2. The van der Waals surface area contributed by atoms with Gasteiger partial charge in [-0.1, -0.05) is 83.8 Å². The van der Waals surface area contributed by atoms with Gasteiger partial charge < -0.3 is 10.6 Å². The number of aromatic nitrogens is 1. The molecule has 2 aliphatic rings. The van der Waals surface area contributed by atoms with Crippen LogP contribution in [-0.4, -0.2) is 39.8 Å². The van der Waals surface area contributed by atoms with Crippen LogP contribution >= 0.6 is 11.3 Å². The van der Waals surface area contributed by atoms with Crippen LogP contribution in [0.2, 0.25) is 0 Å². The molecule has 2 N–H and O–H groups in total. The third-order valence-corrected chi connectivity index (χ3v) is 7.80. The minimum Gasteiger partial charge on any atom is -0.323 e.